The number of ether oxygens (including phenoxy) is 1. The van der Waals surface area contributed by atoms with Gasteiger partial charge in [0, 0.05) is 18.7 Å². The second kappa shape index (κ2) is 6.76. The summed E-state index contributed by atoms with van der Waals surface area (Å²) in [6.45, 7) is 2.73. The molecule has 1 aromatic heterocycles. The zero-order valence-electron chi connectivity index (χ0n) is 11.5. The summed E-state index contributed by atoms with van der Waals surface area (Å²) < 4.78 is 4.65. The Bertz CT molecular complexity index is 482. The summed E-state index contributed by atoms with van der Waals surface area (Å²) in [6, 6.07) is 3.61. The number of pyridine rings is 1. The molecule has 2 heterocycles. The van der Waals surface area contributed by atoms with E-state index in [-0.39, 0.29) is 5.97 Å². The van der Waals surface area contributed by atoms with Crippen molar-refractivity contribution in [3.05, 3.63) is 29.6 Å². The average molecular weight is 293 g/mol. The number of carbonyl (C=O) groups excluding carboxylic acids is 1. The highest BCUT2D eigenvalue weighted by atomic mass is 32.1. The molecule has 1 aliphatic heterocycles. The topological polar surface area (TPSA) is 68.5 Å². The van der Waals surface area contributed by atoms with E-state index in [9.17, 15) is 4.79 Å². The van der Waals surface area contributed by atoms with E-state index in [1.165, 1.54) is 7.11 Å². The number of piperidine rings is 1. The number of likely N-dealkylation sites (tertiary alicyclic amines) is 1. The normalized spacial score (nSPS) is 16.9. The second-order valence-corrected chi connectivity index (χ2v) is 5.45. The predicted octanol–water partition coefficient (Wildman–Crippen LogP) is 1.37. The molecule has 2 N–H and O–H groups in total. The van der Waals surface area contributed by atoms with E-state index in [4.69, 9.17) is 18.0 Å². The maximum Gasteiger partial charge on any atom is 0.339 e. The van der Waals surface area contributed by atoms with Gasteiger partial charge in [-0.25, -0.2) is 4.79 Å². The van der Waals surface area contributed by atoms with Crippen molar-refractivity contribution in [2.75, 3.05) is 20.2 Å². The Balaban J connectivity index is 1.88. The minimum Gasteiger partial charge on any atom is -0.465 e. The second-order valence-electron chi connectivity index (χ2n) is 4.98. The molecule has 0 bridgehead atoms. The lowest BCUT2D eigenvalue weighted by molar-refractivity contribution is 0.0600. The lowest BCUT2D eigenvalue weighted by Crippen LogP contribution is -2.37. The number of rotatable bonds is 4. The van der Waals surface area contributed by atoms with Gasteiger partial charge in [0.25, 0.3) is 0 Å². The van der Waals surface area contributed by atoms with Gasteiger partial charge in [0.2, 0.25) is 0 Å². The van der Waals surface area contributed by atoms with Gasteiger partial charge in [0.05, 0.1) is 23.4 Å². The highest BCUT2D eigenvalue weighted by molar-refractivity contribution is 7.80. The molecule has 5 nitrogen and oxygen atoms in total. The number of thiocarbonyl (C=S) groups is 1. The van der Waals surface area contributed by atoms with Gasteiger partial charge in [-0.15, -0.1) is 0 Å². The monoisotopic (exact) mass is 293 g/mol. The van der Waals surface area contributed by atoms with Crippen molar-refractivity contribution in [2.45, 2.75) is 19.4 Å². The molecule has 0 unspecified atom stereocenters. The number of esters is 1. The summed E-state index contributed by atoms with van der Waals surface area (Å²) in [5.74, 6) is 0.0113. The van der Waals surface area contributed by atoms with Crippen LogP contribution in [0.1, 0.15) is 28.9 Å². The van der Waals surface area contributed by atoms with Crippen LogP contribution in [-0.2, 0) is 11.3 Å². The number of carbonyl (C=O) groups is 1. The molecule has 0 spiro atoms. The Hall–Kier alpha value is -1.53. The van der Waals surface area contributed by atoms with Crippen LogP contribution in [0.4, 0.5) is 0 Å². The lowest BCUT2D eigenvalue weighted by Gasteiger charge is -2.31. The molecular formula is C14H19N3O2S. The van der Waals surface area contributed by atoms with Crippen LogP contribution in [0.5, 0.6) is 0 Å². The van der Waals surface area contributed by atoms with Crippen molar-refractivity contribution in [3.8, 4) is 0 Å². The molecular weight excluding hydrogens is 274 g/mol. The summed E-state index contributed by atoms with van der Waals surface area (Å²) in [7, 11) is 1.36. The van der Waals surface area contributed by atoms with Gasteiger partial charge in [-0.05, 0) is 38.1 Å². The van der Waals surface area contributed by atoms with Crippen LogP contribution < -0.4 is 5.73 Å². The SMILES string of the molecule is COC(=O)c1ccc(CN2CCC(C(N)=S)CC2)nc1. The molecule has 0 radical (unpaired) electrons. The Labute approximate surface area is 124 Å². The molecule has 0 atom stereocenters. The summed E-state index contributed by atoms with van der Waals surface area (Å²) in [5.41, 5.74) is 7.11. The van der Waals surface area contributed by atoms with Crippen LogP contribution in [0.3, 0.4) is 0 Å². The van der Waals surface area contributed by atoms with Crippen molar-refractivity contribution in [1.82, 2.24) is 9.88 Å². The van der Waals surface area contributed by atoms with Gasteiger partial charge in [-0.1, -0.05) is 12.2 Å². The summed E-state index contributed by atoms with van der Waals surface area (Å²) >= 11 is 5.04. The molecule has 1 saturated heterocycles. The van der Waals surface area contributed by atoms with E-state index >= 15 is 0 Å². The molecule has 0 amide bonds. The van der Waals surface area contributed by atoms with Crippen molar-refractivity contribution in [3.63, 3.8) is 0 Å². The minimum absolute atomic E-state index is 0.360. The van der Waals surface area contributed by atoms with Crippen molar-refractivity contribution < 1.29 is 9.53 Å². The van der Waals surface area contributed by atoms with E-state index in [1.807, 2.05) is 6.07 Å². The fraction of sp³-hybridized carbons (Fsp3) is 0.500. The summed E-state index contributed by atoms with van der Waals surface area (Å²) in [6.07, 6.45) is 3.58. The van der Waals surface area contributed by atoms with Crippen LogP contribution in [0.15, 0.2) is 18.3 Å². The highest BCUT2D eigenvalue weighted by Crippen LogP contribution is 2.18. The van der Waals surface area contributed by atoms with E-state index in [1.54, 1.807) is 12.3 Å². The van der Waals surface area contributed by atoms with Gasteiger partial charge in [-0.2, -0.15) is 0 Å². The fourth-order valence-corrected chi connectivity index (χ4v) is 2.60. The summed E-state index contributed by atoms with van der Waals surface area (Å²) in [5, 5.41) is 0. The van der Waals surface area contributed by atoms with Gasteiger partial charge in [0.1, 0.15) is 0 Å². The molecule has 20 heavy (non-hydrogen) atoms. The van der Waals surface area contributed by atoms with Crippen LogP contribution in [0.2, 0.25) is 0 Å². The third-order valence-electron chi connectivity index (χ3n) is 3.62. The molecule has 1 fully saturated rings. The van der Waals surface area contributed by atoms with Crippen molar-refractivity contribution in [2.24, 2.45) is 11.7 Å². The molecule has 6 heteroatoms. The first kappa shape index (κ1) is 14.9. The maximum absolute atomic E-state index is 11.3. The van der Waals surface area contributed by atoms with E-state index in [0.717, 1.165) is 38.2 Å². The molecule has 2 rings (SSSR count). The number of aromatic nitrogens is 1. The molecule has 0 aromatic carbocycles. The lowest BCUT2D eigenvalue weighted by atomic mass is 9.97. The van der Waals surface area contributed by atoms with Crippen LogP contribution in [0, 0.1) is 5.92 Å². The zero-order chi connectivity index (χ0) is 14.5. The van der Waals surface area contributed by atoms with E-state index < -0.39 is 0 Å². The number of nitrogens with two attached hydrogens (primary N) is 1. The molecule has 0 aliphatic carbocycles. The Morgan fingerprint density at radius 2 is 2.20 bits per heavy atom. The van der Waals surface area contributed by atoms with Crippen molar-refractivity contribution in [1.29, 1.82) is 0 Å². The molecule has 1 aliphatic rings. The van der Waals surface area contributed by atoms with Gasteiger partial charge in [-0.3, -0.25) is 9.88 Å². The smallest absolute Gasteiger partial charge is 0.339 e. The number of hydrogen-bond acceptors (Lipinski definition) is 5. The van der Waals surface area contributed by atoms with Crippen LogP contribution in [-0.4, -0.2) is 41.0 Å². The van der Waals surface area contributed by atoms with Gasteiger partial charge >= 0.3 is 5.97 Å². The average Bonchev–Trinajstić information content (AvgIpc) is 2.48. The zero-order valence-corrected chi connectivity index (χ0v) is 12.4. The van der Waals surface area contributed by atoms with E-state index in [2.05, 4.69) is 14.6 Å². The Morgan fingerprint density at radius 1 is 1.50 bits per heavy atom. The number of methoxy groups -OCH3 is 1. The largest absolute Gasteiger partial charge is 0.465 e. The molecule has 0 saturated carbocycles. The third kappa shape index (κ3) is 3.74. The first-order valence-corrected chi connectivity index (χ1v) is 7.06. The first-order valence-electron chi connectivity index (χ1n) is 6.65. The van der Waals surface area contributed by atoms with E-state index in [0.29, 0.717) is 16.5 Å². The third-order valence-corrected chi connectivity index (χ3v) is 3.95. The van der Waals surface area contributed by atoms with Gasteiger partial charge < -0.3 is 10.5 Å². The Kier molecular flexibility index (Phi) is 5.03. The standard InChI is InChI=1S/C14H19N3O2S/c1-19-14(18)11-2-3-12(16-8-11)9-17-6-4-10(5-7-17)13(15)20/h2-3,8,10H,4-7,9H2,1H3,(H2,15,20). The molecule has 1 aromatic rings. The number of hydrogen-bond donors (Lipinski definition) is 1. The van der Waals surface area contributed by atoms with Gasteiger partial charge in [0.15, 0.2) is 0 Å². The summed E-state index contributed by atoms with van der Waals surface area (Å²) in [4.78, 5) is 18.6. The van der Waals surface area contributed by atoms with Crippen molar-refractivity contribution >= 4 is 23.2 Å². The number of nitrogens with zero attached hydrogens (tertiary/aromatic N) is 2. The fourth-order valence-electron chi connectivity index (χ4n) is 2.36. The highest BCUT2D eigenvalue weighted by Gasteiger charge is 2.21. The molecule has 108 valence electrons. The van der Waals surface area contributed by atoms with Crippen LogP contribution >= 0.6 is 12.2 Å². The van der Waals surface area contributed by atoms with Crippen LogP contribution in [0.25, 0.3) is 0 Å². The predicted molar refractivity (Wildman–Crippen MR) is 80.4 cm³/mol. The first-order chi connectivity index (χ1) is 9.60. The quantitative estimate of drug-likeness (QED) is 0.668. The Morgan fingerprint density at radius 3 is 2.70 bits per heavy atom. The maximum atomic E-state index is 11.3. The minimum atomic E-state index is -0.360.